The predicted octanol–water partition coefficient (Wildman–Crippen LogP) is 3.56. The Kier molecular flexibility index (Phi) is 7.56. The van der Waals surface area contributed by atoms with Crippen LogP contribution in [0.15, 0.2) is 12.7 Å². The Bertz CT molecular complexity index is 249. The molecule has 0 aliphatic rings. The summed E-state index contributed by atoms with van der Waals surface area (Å²) in [6.07, 6.45) is 15.7. The molecule has 0 bridgehead atoms. The summed E-state index contributed by atoms with van der Waals surface area (Å²) in [5.74, 6) is 0.806. The normalized spacial score (nSPS) is 10.6. The minimum Gasteiger partial charge on any atom is -0.225 e. The molecule has 0 amide bonds. The second-order valence-electron chi connectivity index (χ2n) is 4.11. The largest absolute Gasteiger partial charge is 0.225 e. The highest BCUT2D eigenvalue weighted by Crippen LogP contribution is 2.10. The number of hydrogen-bond donors (Lipinski definition) is 0. The molecular weight excluding hydrogens is 198 g/mol. The zero-order valence-electron chi connectivity index (χ0n) is 10.2. The lowest BCUT2D eigenvalue weighted by Gasteiger charge is -2.00. The van der Waals surface area contributed by atoms with Crippen molar-refractivity contribution >= 4 is 0 Å². The summed E-state index contributed by atoms with van der Waals surface area (Å²) in [6.45, 7) is 2.25. The quantitative estimate of drug-likeness (QED) is 0.597. The van der Waals surface area contributed by atoms with Gasteiger partial charge in [0.1, 0.15) is 18.5 Å². The zero-order chi connectivity index (χ0) is 11.5. The molecule has 1 aromatic rings. The van der Waals surface area contributed by atoms with Crippen LogP contribution in [-0.2, 0) is 0 Å². The molecule has 0 spiro atoms. The van der Waals surface area contributed by atoms with Gasteiger partial charge in [0.2, 0.25) is 0 Å². The van der Waals surface area contributed by atoms with Crippen LogP contribution >= 0.6 is 0 Å². The van der Waals surface area contributed by atoms with E-state index in [1.807, 2.05) is 0 Å². The van der Waals surface area contributed by atoms with Gasteiger partial charge in [0.05, 0.1) is 0 Å². The summed E-state index contributed by atoms with van der Waals surface area (Å²) in [6, 6.07) is 0. The van der Waals surface area contributed by atoms with Gasteiger partial charge in [-0.05, 0) is 6.42 Å². The highest BCUT2D eigenvalue weighted by molar-refractivity contribution is 4.96. The monoisotopic (exact) mass is 220 g/mol. The molecule has 0 saturated heterocycles. The van der Waals surface area contributed by atoms with Crippen LogP contribution in [0.3, 0.4) is 0 Å². The molecule has 3 nitrogen and oxygen atoms in total. The SMILES string of the molecule is CCCCCCCCC[CH]c1ncncn1. The molecule has 0 aliphatic carbocycles. The van der Waals surface area contributed by atoms with E-state index in [9.17, 15) is 0 Å². The van der Waals surface area contributed by atoms with Crippen LogP contribution in [0.5, 0.6) is 0 Å². The van der Waals surface area contributed by atoms with Crippen molar-refractivity contribution in [1.82, 2.24) is 15.0 Å². The fraction of sp³-hybridized carbons (Fsp3) is 0.692. The highest BCUT2D eigenvalue weighted by Gasteiger charge is 1.96. The van der Waals surface area contributed by atoms with Crippen molar-refractivity contribution in [3.8, 4) is 0 Å². The van der Waals surface area contributed by atoms with E-state index in [0.29, 0.717) is 0 Å². The van der Waals surface area contributed by atoms with Crippen LogP contribution in [0.4, 0.5) is 0 Å². The topological polar surface area (TPSA) is 38.7 Å². The smallest absolute Gasteiger partial charge is 0.135 e. The van der Waals surface area contributed by atoms with E-state index in [1.165, 1.54) is 44.9 Å². The van der Waals surface area contributed by atoms with Crippen molar-refractivity contribution in [3.63, 3.8) is 0 Å². The van der Waals surface area contributed by atoms with Crippen molar-refractivity contribution in [2.24, 2.45) is 0 Å². The third-order valence-electron chi connectivity index (χ3n) is 2.65. The van der Waals surface area contributed by atoms with Crippen molar-refractivity contribution in [2.45, 2.75) is 58.3 Å². The molecule has 0 aromatic carbocycles. The average molecular weight is 220 g/mol. The zero-order valence-corrected chi connectivity index (χ0v) is 10.2. The molecule has 0 unspecified atom stereocenters. The van der Waals surface area contributed by atoms with Gasteiger partial charge in [-0.2, -0.15) is 0 Å². The van der Waals surface area contributed by atoms with Crippen LogP contribution in [0.2, 0.25) is 0 Å². The van der Waals surface area contributed by atoms with E-state index < -0.39 is 0 Å². The number of hydrogen-bond acceptors (Lipinski definition) is 3. The summed E-state index contributed by atoms with van der Waals surface area (Å²) >= 11 is 0. The molecule has 1 heterocycles. The maximum Gasteiger partial charge on any atom is 0.135 e. The molecule has 1 rings (SSSR count). The number of nitrogens with zero attached hydrogens (tertiary/aromatic N) is 3. The molecule has 0 atom stereocenters. The van der Waals surface area contributed by atoms with Crippen molar-refractivity contribution in [2.75, 3.05) is 0 Å². The van der Waals surface area contributed by atoms with E-state index in [1.54, 1.807) is 12.7 Å². The summed E-state index contributed by atoms with van der Waals surface area (Å²) in [5.41, 5.74) is 0. The van der Waals surface area contributed by atoms with Gasteiger partial charge < -0.3 is 0 Å². The second-order valence-corrected chi connectivity index (χ2v) is 4.11. The van der Waals surface area contributed by atoms with E-state index in [4.69, 9.17) is 0 Å². The van der Waals surface area contributed by atoms with E-state index >= 15 is 0 Å². The molecule has 0 fully saturated rings. The fourth-order valence-corrected chi connectivity index (χ4v) is 1.69. The first kappa shape index (κ1) is 13.1. The Morgan fingerprint density at radius 3 is 2.25 bits per heavy atom. The highest BCUT2D eigenvalue weighted by atomic mass is 15.0. The maximum absolute atomic E-state index is 4.06. The minimum absolute atomic E-state index is 0.806. The molecule has 0 aliphatic heterocycles. The molecule has 16 heavy (non-hydrogen) atoms. The molecule has 89 valence electrons. The molecule has 0 saturated carbocycles. The number of unbranched alkanes of at least 4 members (excludes halogenated alkanes) is 7. The standard InChI is InChI=1S/C13H22N3/c1-2-3-4-5-6-7-8-9-10-13-15-11-14-12-16-13/h10-12H,2-9H2,1H3. The van der Waals surface area contributed by atoms with Crippen molar-refractivity contribution in [1.29, 1.82) is 0 Å². The van der Waals surface area contributed by atoms with Crippen LogP contribution in [0.1, 0.15) is 64.1 Å². The third-order valence-corrected chi connectivity index (χ3v) is 2.65. The number of rotatable bonds is 9. The molecule has 0 N–H and O–H groups in total. The van der Waals surface area contributed by atoms with Crippen molar-refractivity contribution < 1.29 is 0 Å². The molecule has 3 heteroatoms. The lowest BCUT2D eigenvalue weighted by Crippen LogP contribution is -1.92. The molecule has 1 radical (unpaired) electrons. The van der Waals surface area contributed by atoms with Crippen LogP contribution < -0.4 is 0 Å². The summed E-state index contributed by atoms with van der Waals surface area (Å²) < 4.78 is 0. The van der Waals surface area contributed by atoms with Gasteiger partial charge in [-0.15, -0.1) is 0 Å². The van der Waals surface area contributed by atoms with Gasteiger partial charge in [-0.1, -0.05) is 51.9 Å². The Labute approximate surface area is 98.7 Å². The lowest BCUT2D eigenvalue weighted by atomic mass is 10.1. The van der Waals surface area contributed by atoms with E-state index in [2.05, 4.69) is 28.3 Å². The molecular formula is C13H22N3. The van der Waals surface area contributed by atoms with Gasteiger partial charge in [-0.25, -0.2) is 15.0 Å². The van der Waals surface area contributed by atoms with Gasteiger partial charge in [0.15, 0.2) is 0 Å². The molecule has 1 aromatic heterocycles. The van der Waals surface area contributed by atoms with Crippen molar-refractivity contribution in [3.05, 3.63) is 24.9 Å². The minimum atomic E-state index is 0.806. The van der Waals surface area contributed by atoms with Gasteiger partial charge >= 0.3 is 0 Å². The van der Waals surface area contributed by atoms with Gasteiger partial charge in [-0.3, -0.25) is 0 Å². The second kappa shape index (κ2) is 9.25. The first-order valence-electron chi connectivity index (χ1n) is 6.38. The van der Waals surface area contributed by atoms with Gasteiger partial charge in [0.25, 0.3) is 0 Å². The summed E-state index contributed by atoms with van der Waals surface area (Å²) in [5, 5.41) is 0. The summed E-state index contributed by atoms with van der Waals surface area (Å²) in [7, 11) is 0. The Morgan fingerprint density at radius 2 is 1.56 bits per heavy atom. The van der Waals surface area contributed by atoms with E-state index in [-0.39, 0.29) is 0 Å². The average Bonchev–Trinajstić information content (AvgIpc) is 2.34. The van der Waals surface area contributed by atoms with Crippen LogP contribution in [0.25, 0.3) is 0 Å². The van der Waals surface area contributed by atoms with E-state index in [0.717, 1.165) is 12.2 Å². The Balaban J connectivity index is 1.89. The lowest BCUT2D eigenvalue weighted by molar-refractivity contribution is 0.587. The maximum atomic E-state index is 4.06. The van der Waals surface area contributed by atoms with Gasteiger partial charge in [0, 0.05) is 6.42 Å². The predicted molar refractivity (Wildman–Crippen MR) is 65.8 cm³/mol. The fourth-order valence-electron chi connectivity index (χ4n) is 1.69. The van der Waals surface area contributed by atoms with Crippen LogP contribution in [0, 0.1) is 6.42 Å². The third kappa shape index (κ3) is 6.49. The first-order chi connectivity index (χ1) is 7.93. The van der Waals surface area contributed by atoms with Crippen LogP contribution in [-0.4, -0.2) is 15.0 Å². The first-order valence-corrected chi connectivity index (χ1v) is 6.38. The summed E-state index contributed by atoms with van der Waals surface area (Å²) in [4.78, 5) is 11.9. The Hall–Kier alpha value is -0.990. The Morgan fingerprint density at radius 1 is 0.938 bits per heavy atom. The number of aromatic nitrogens is 3.